The summed E-state index contributed by atoms with van der Waals surface area (Å²) in [6.45, 7) is 4.44. The molecular weight excluding hydrogens is 258 g/mol. The molecule has 2 atom stereocenters. The SMILES string of the molecule is Cc1ccc2c(c1)C1CN(C)CCC1c1ccccc1O2. The number of rotatable bonds is 0. The second-order valence-corrected chi connectivity index (χ2v) is 6.45. The molecule has 2 nitrogen and oxygen atoms in total. The van der Waals surface area contributed by atoms with Gasteiger partial charge in [0.25, 0.3) is 0 Å². The number of hydrogen-bond acceptors (Lipinski definition) is 2. The van der Waals surface area contributed by atoms with Crippen LogP contribution in [0, 0.1) is 6.92 Å². The van der Waals surface area contributed by atoms with Crippen LogP contribution in [-0.4, -0.2) is 25.0 Å². The van der Waals surface area contributed by atoms with Crippen LogP contribution in [0.1, 0.15) is 34.9 Å². The summed E-state index contributed by atoms with van der Waals surface area (Å²) >= 11 is 0. The number of hydrogen-bond donors (Lipinski definition) is 0. The second kappa shape index (κ2) is 4.88. The molecule has 2 aromatic rings. The van der Waals surface area contributed by atoms with Gasteiger partial charge in [0.05, 0.1) is 0 Å². The second-order valence-electron chi connectivity index (χ2n) is 6.45. The molecule has 0 radical (unpaired) electrons. The van der Waals surface area contributed by atoms with Crippen molar-refractivity contribution in [2.24, 2.45) is 0 Å². The highest BCUT2D eigenvalue weighted by Crippen LogP contribution is 2.49. The maximum atomic E-state index is 6.27. The van der Waals surface area contributed by atoms with E-state index in [1.165, 1.54) is 23.1 Å². The van der Waals surface area contributed by atoms with Gasteiger partial charge in [0.2, 0.25) is 0 Å². The summed E-state index contributed by atoms with van der Waals surface area (Å²) in [5, 5.41) is 0. The fourth-order valence-electron chi connectivity index (χ4n) is 3.85. The maximum absolute atomic E-state index is 6.27. The van der Waals surface area contributed by atoms with Gasteiger partial charge in [-0.1, -0.05) is 35.9 Å². The Kier molecular flexibility index (Phi) is 3.00. The van der Waals surface area contributed by atoms with E-state index < -0.39 is 0 Å². The van der Waals surface area contributed by atoms with Crippen molar-refractivity contribution in [3.05, 3.63) is 59.2 Å². The fourth-order valence-corrected chi connectivity index (χ4v) is 3.85. The molecule has 0 spiro atoms. The number of para-hydroxylation sites is 1. The van der Waals surface area contributed by atoms with E-state index in [-0.39, 0.29) is 0 Å². The van der Waals surface area contributed by atoms with Gasteiger partial charge in [0.15, 0.2) is 0 Å². The van der Waals surface area contributed by atoms with Crippen molar-refractivity contribution in [2.45, 2.75) is 25.2 Å². The van der Waals surface area contributed by atoms with Gasteiger partial charge in [-0.05, 0) is 50.6 Å². The van der Waals surface area contributed by atoms with Gasteiger partial charge in [-0.2, -0.15) is 0 Å². The lowest BCUT2D eigenvalue weighted by molar-refractivity contribution is 0.228. The van der Waals surface area contributed by atoms with Crippen molar-refractivity contribution in [2.75, 3.05) is 20.1 Å². The summed E-state index contributed by atoms with van der Waals surface area (Å²) in [6, 6.07) is 15.2. The van der Waals surface area contributed by atoms with Crippen LogP contribution in [0.2, 0.25) is 0 Å². The Hall–Kier alpha value is -1.80. The Morgan fingerprint density at radius 2 is 1.81 bits per heavy atom. The van der Waals surface area contributed by atoms with Crippen LogP contribution in [0.15, 0.2) is 42.5 Å². The fraction of sp³-hybridized carbons (Fsp3) is 0.368. The van der Waals surface area contributed by atoms with Crippen molar-refractivity contribution in [3.8, 4) is 11.5 Å². The van der Waals surface area contributed by atoms with Crippen LogP contribution in [0.3, 0.4) is 0 Å². The predicted octanol–water partition coefficient (Wildman–Crippen LogP) is 4.30. The lowest BCUT2D eigenvalue weighted by Crippen LogP contribution is -2.35. The Morgan fingerprint density at radius 3 is 2.71 bits per heavy atom. The lowest BCUT2D eigenvalue weighted by atomic mass is 9.76. The summed E-state index contributed by atoms with van der Waals surface area (Å²) in [6.07, 6.45) is 1.20. The minimum Gasteiger partial charge on any atom is -0.457 e. The number of ether oxygens (including phenoxy) is 1. The summed E-state index contributed by atoms with van der Waals surface area (Å²) in [7, 11) is 2.23. The van der Waals surface area contributed by atoms with Gasteiger partial charge in [-0.25, -0.2) is 0 Å². The van der Waals surface area contributed by atoms with E-state index in [0.29, 0.717) is 11.8 Å². The van der Waals surface area contributed by atoms with Crippen LogP contribution in [0.5, 0.6) is 11.5 Å². The molecule has 2 aromatic carbocycles. The monoisotopic (exact) mass is 279 g/mol. The average molecular weight is 279 g/mol. The topological polar surface area (TPSA) is 12.5 Å². The third-order valence-electron chi connectivity index (χ3n) is 4.92. The highest BCUT2D eigenvalue weighted by atomic mass is 16.5. The molecule has 4 rings (SSSR count). The zero-order valence-corrected chi connectivity index (χ0v) is 12.7. The first kappa shape index (κ1) is 12.9. The quantitative estimate of drug-likeness (QED) is 0.712. The number of likely N-dealkylation sites (tertiary alicyclic amines) is 1. The van der Waals surface area contributed by atoms with Crippen LogP contribution >= 0.6 is 0 Å². The normalized spacial score (nSPS) is 24.3. The third-order valence-corrected chi connectivity index (χ3v) is 4.92. The minimum atomic E-state index is 0.530. The molecule has 2 heteroatoms. The van der Waals surface area contributed by atoms with Crippen molar-refractivity contribution >= 4 is 0 Å². The van der Waals surface area contributed by atoms with Crippen LogP contribution in [-0.2, 0) is 0 Å². The van der Waals surface area contributed by atoms with E-state index in [1.807, 2.05) is 0 Å². The molecule has 2 aliphatic heterocycles. The minimum absolute atomic E-state index is 0.530. The first-order chi connectivity index (χ1) is 10.2. The number of nitrogens with zero attached hydrogens (tertiary/aromatic N) is 1. The number of likely N-dealkylation sites (N-methyl/N-ethyl adjacent to an activating group) is 1. The Labute approximate surface area is 126 Å². The van der Waals surface area contributed by atoms with E-state index in [1.54, 1.807) is 0 Å². The van der Waals surface area contributed by atoms with Crippen molar-refractivity contribution in [1.29, 1.82) is 0 Å². The highest BCUT2D eigenvalue weighted by Gasteiger charge is 2.35. The van der Waals surface area contributed by atoms with Gasteiger partial charge < -0.3 is 9.64 Å². The molecule has 1 fully saturated rings. The molecule has 21 heavy (non-hydrogen) atoms. The molecule has 0 amide bonds. The van der Waals surface area contributed by atoms with Gasteiger partial charge in [0.1, 0.15) is 11.5 Å². The molecule has 0 aromatic heterocycles. The van der Waals surface area contributed by atoms with Crippen LogP contribution < -0.4 is 4.74 Å². The largest absolute Gasteiger partial charge is 0.457 e. The highest BCUT2D eigenvalue weighted by molar-refractivity contribution is 5.50. The summed E-state index contributed by atoms with van der Waals surface area (Å²) in [4.78, 5) is 2.45. The van der Waals surface area contributed by atoms with Crippen molar-refractivity contribution in [3.63, 3.8) is 0 Å². The van der Waals surface area contributed by atoms with Crippen molar-refractivity contribution < 1.29 is 4.74 Å². The average Bonchev–Trinajstić information content (AvgIpc) is 2.62. The van der Waals surface area contributed by atoms with Gasteiger partial charge in [0, 0.05) is 18.0 Å². The number of aryl methyl sites for hydroxylation is 1. The standard InChI is InChI=1S/C19H21NO/c1-13-7-8-19-16(11-13)17-12-20(2)10-9-14(17)15-5-3-4-6-18(15)21-19/h3-8,11,14,17H,9-10,12H2,1-2H3. The number of fused-ring (bicyclic) bond motifs is 5. The molecule has 0 bridgehead atoms. The van der Waals surface area contributed by atoms with Gasteiger partial charge >= 0.3 is 0 Å². The summed E-state index contributed by atoms with van der Waals surface area (Å²) in [5.74, 6) is 3.18. The number of benzene rings is 2. The molecule has 2 heterocycles. The van der Waals surface area contributed by atoms with Gasteiger partial charge in [-0.15, -0.1) is 0 Å². The first-order valence-electron chi connectivity index (χ1n) is 7.78. The van der Waals surface area contributed by atoms with Gasteiger partial charge in [-0.3, -0.25) is 0 Å². The summed E-state index contributed by atoms with van der Waals surface area (Å²) in [5.41, 5.74) is 4.07. The van der Waals surface area contributed by atoms with E-state index in [9.17, 15) is 0 Å². The molecule has 108 valence electrons. The molecular formula is C19H21NO. The van der Waals surface area contributed by atoms with E-state index in [0.717, 1.165) is 24.6 Å². The Morgan fingerprint density at radius 1 is 1.00 bits per heavy atom. The summed E-state index contributed by atoms with van der Waals surface area (Å²) < 4.78 is 6.27. The van der Waals surface area contributed by atoms with Crippen LogP contribution in [0.25, 0.3) is 0 Å². The van der Waals surface area contributed by atoms with E-state index in [4.69, 9.17) is 4.74 Å². The number of piperidine rings is 1. The smallest absolute Gasteiger partial charge is 0.131 e. The molecule has 0 aliphatic carbocycles. The van der Waals surface area contributed by atoms with Crippen LogP contribution in [0.4, 0.5) is 0 Å². The first-order valence-corrected chi connectivity index (χ1v) is 7.78. The zero-order chi connectivity index (χ0) is 14.4. The molecule has 0 saturated carbocycles. The van der Waals surface area contributed by atoms with Crippen molar-refractivity contribution in [1.82, 2.24) is 4.90 Å². The molecule has 0 N–H and O–H groups in total. The van der Waals surface area contributed by atoms with E-state index in [2.05, 4.69) is 61.3 Å². The maximum Gasteiger partial charge on any atom is 0.131 e. The molecule has 1 saturated heterocycles. The third kappa shape index (κ3) is 2.14. The predicted molar refractivity (Wildman–Crippen MR) is 85.3 cm³/mol. The molecule has 2 unspecified atom stereocenters. The molecule has 2 aliphatic rings. The lowest BCUT2D eigenvalue weighted by Gasteiger charge is -2.36. The Balaban J connectivity index is 1.91. The zero-order valence-electron chi connectivity index (χ0n) is 12.7. The van der Waals surface area contributed by atoms with E-state index >= 15 is 0 Å². The Bertz CT molecular complexity index is 679.